The van der Waals surface area contributed by atoms with Gasteiger partial charge >= 0.3 is 0 Å². The summed E-state index contributed by atoms with van der Waals surface area (Å²) in [6.45, 7) is 0.0124. The van der Waals surface area contributed by atoms with Crippen LogP contribution in [0.15, 0.2) is 24.3 Å². The summed E-state index contributed by atoms with van der Waals surface area (Å²) >= 11 is 0. The van der Waals surface area contributed by atoms with Crippen LogP contribution in [0, 0.1) is 16.0 Å². The summed E-state index contributed by atoms with van der Waals surface area (Å²) in [5.74, 6) is 0.193. The minimum atomic E-state index is -0.475. The van der Waals surface area contributed by atoms with Gasteiger partial charge in [0.25, 0.3) is 5.69 Å². The molecule has 0 heterocycles. The van der Waals surface area contributed by atoms with Crippen LogP contribution >= 0.6 is 0 Å². The fraction of sp³-hybridized carbons (Fsp3) is 0.588. The molecule has 1 unspecified atom stereocenters. The van der Waals surface area contributed by atoms with E-state index in [0.717, 1.165) is 25.7 Å². The summed E-state index contributed by atoms with van der Waals surface area (Å²) in [6.07, 6.45) is 6.25. The zero-order chi connectivity index (χ0) is 17.4. The molecular weight excluding hydrogens is 310 g/mol. The van der Waals surface area contributed by atoms with Crippen LogP contribution in [-0.2, 0) is 4.79 Å². The standard InChI is InChI=1S/C17H25N3O4/c21-11-10-14(13-6-2-1-3-7-13)19-17(22)12-18-15-8-4-5-9-16(15)20(23)24/h4-5,8-9,13-14,18,21H,1-3,6-7,10-12H2,(H,19,22). The first-order valence-corrected chi connectivity index (χ1v) is 8.49. The monoisotopic (exact) mass is 335 g/mol. The number of aliphatic hydroxyl groups excluding tert-OH is 1. The fourth-order valence-electron chi connectivity index (χ4n) is 3.32. The van der Waals surface area contributed by atoms with Crippen LogP contribution in [0.1, 0.15) is 38.5 Å². The van der Waals surface area contributed by atoms with Gasteiger partial charge in [-0.2, -0.15) is 0 Å². The molecule has 0 bridgehead atoms. The zero-order valence-electron chi connectivity index (χ0n) is 13.7. The molecule has 0 aromatic heterocycles. The number of carbonyl (C=O) groups excluding carboxylic acids is 1. The molecule has 0 spiro atoms. The number of carbonyl (C=O) groups is 1. The SMILES string of the molecule is O=C(CNc1ccccc1[N+](=O)[O-])NC(CCO)C1CCCCC1. The summed E-state index contributed by atoms with van der Waals surface area (Å²) in [7, 11) is 0. The van der Waals surface area contributed by atoms with Crippen molar-refractivity contribution in [2.75, 3.05) is 18.5 Å². The van der Waals surface area contributed by atoms with Gasteiger partial charge in [0, 0.05) is 18.7 Å². The molecule has 1 fully saturated rings. The summed E-state index contributed by atoms with van der Waals surface area (Å²) in [5, 5.41) is 26.0. The van der Waals surface area contributed by atoms with E-state index < -0.39 is 4.92 Å². The van der Waals surface area contributed by atoms with Crippen molar-refractivity contribution < 1.29 is 14.8 Å². The predicted octanol–water partition coefficient (Wildman–Crippen LogP) is 2.45. The van der Waals surface area contributed by atoms with E-state index in [1.807, 2.05) is 0 Å². The Labute approximate surface area is 141 Å². The molecule has 1 aromatic carbocycles. The predicted molar refractivity (Wildman–Crippen MR) is 91.8 cm³/mol. The first kappa shape index (κ1) is 18.2. The Morgan fingerprint density at radius 1 is 1.29 bits per heavy atom. The molecule has 3 N–H and O–H groups in total. The molecular formula is C17H25N3O4. The summed E-state index contributed by atoms with van der Waals surface area (Å²) in [6, 6.07) is 6.22. The molecule has 1 aliphatic carbocycles. The number of nitrogens with zero attached hydrogens (tertiary/aromatic N) is 1. The van der Waals surface area contributed by atoms with E-state index in [1.165, 1.54) is 12.5 Å². The number of rotatable bonds is 8. The Kier molecular flexibility index (Phi) is 6.99. The van der Waals surface area contributed by atoms with Crippen molar-refractivity contribution in [3.05, 3.63) is 34.4 Å². The second-order valence-electron chi connectivity index (χ2n) is 6.21. The lowest BCUT2D eigenvalue weighted by atomic mass is 9.82. The smallest absolute Gasteiger partial charge is 0.292 e. The number of amides is 1. The van der Waals surface area contributed by atoms with Crippen LogP contribution in [0.2, 0.25) is 0 Å². The molecule has 0 aliphatic heterocycles. The van der Waals surface area contributed by atoms with Gasteiger partial charge in [0.1, 0.15) is 5.69 Å². The lowest BCUT2D eigenvalue weighted by Crippen LogP contribution is -2.44. The summed E-state index contributed by atoms with van der Waals surface area (Å²) < 4.78 is 0. The van der Waals surface area contributed by atoms with E-state index in [-0.39, 0.29) is 30.8 Å². The quantitative estimate of drug-likeness (QED) is 0.500. The van der Waals surface area contributed by atoms with Gasteiger partial charge in [0.05, 0.1) is 11.5 Å². The van der Waals surface area contributed by atoms with Gasteiger partial charge in [0.15, 0.2) is 0 Å². The van der Waals surface area contributed by atoms with E-state index in [0.29, 0.717) is 18.0 Å². The van der Waals surface area contributed by atoms with Gasteiger partial charge in [-0.1, -0.05) is 31.4 Å². The molecule has 7 nitrogen and oxygen atoms in total. The number of hydrogen-bond acceptors (Lipinski definition) is 5. The maximum Gasteiger partial charge on any atom is 0.292 e. The van der Waals surface area contributed by atoms with Crippen LogP contribution in [-0.4, -0.2) is 35.1 Å². The molecule has 1 aliphatic rings. The van der Waals surface area contributed by atoms with Crippen LogP contribution in [0.5, 0.6) is 0 Å². The third kappa shape index (κ3) is 5.19. The minimum Gasteiger partial charge on any atom is -0.396 e. The Morgan fingerprint density at radius 3 is 2.67 bits per heavy atom. The average molecular weight is 335 g/mol. The Hall–Kier alpha value is -2.15. The average Bonchev–Trinajstić information content (AvgIpc) is 2.60. The topological polar surface area (TPSA) is 104 Å². The van der Waals surface area contributed by atoms with Gasteiger partial charge in [-0.05, 0) is 31.2 Å². The summed E-state index contributed by atoms with van der Waals surface area (Å²) in [5.41, 5.74) is 0.276. The highest BCUT2D eigenvalue weighted by Crippen LogP contribution is 2.28. The van der Waals surface area contributed by atoms with Crippen molar-refractivity contribution in [1.29, 1.82) is 0 Å². The van der Waals surface area contributed by atoms with Crippen LogP contribution < -0.4 is 10.6 Å². The van der Waals surface area contributed by atoms with Gasteiger partial charge in [-0.25, -0.2) is 0 Å². The second kappa shape index (κ2) is 9.22. The third-order valence-electron chi connectivity index (χ3n) is 4.55. The first-order chi connectivity index (χ1) is 11.6. The van der Waals surface area contributed by atoms with Gasteiger partial charge in [-0.15, -0.1) is 0 Å². The number of nitro benzene ring substituents is 1. The second-order valence-corrected chi connectivity index (χ2v) is 6.21. The number of benzene rings is 1. The van der Waals surface area contributed by atoms with Crippen molar-refractivity contribution in [2.24, 2.45) is 5.92 Å². The van der Waals surface area contributed by atoms with Crippen molar-refractivity contribution in [2.45, 2.75) is 44.6 Å². The molecule has 1 atom stereocenters. The number of hydrogen-bond donors (Lipinski definition) is 3. The first-order valence-electron chi connectivity index (χ1n) is 8.49. The lowest BCUT2D eigenvalue weighted by Gasteiger charge is -2.30. The lowest BCUT2D eigenvalue weighted by molar-refractivity contribution is -0.383. The molecule has 0 saturated heterocycles. The molecule has 24 heavy (non-hydrogen) atoms. The molecule has 1 amide bonds. The Balaban J connectivity index is 1.90. The molecule has 132 valence electrons. The number of nitrogens with one attached hydrogen (secondary N) is 2. The number of anilines is 1. The van der Waals surface area contributed by atoms with E-state index >= 15 is 0 Å². The normalized spacial score (nSPS) is 16.4. The zero-order valence-corrected chi connectivity index (χ0v) is 13.7. The van der Waals surface area contributed by atoms with Crippen molar-refractivity contribution in [1.82, 2.24) is 5.32 Å². The van der Waals surface area contributed by atoms with E-state index in [4.69, 9.17) is 0 Å². The van der Waals surface area contributed by atoms with Crippen LogP contribution in [0.25, 0.3) is 0 Å². The highest BCUT2D eigenvalue weighted by molar-refractivity contribution is 5.82. The number of aliphatic hydroxyl groups is 1. The van der Waals surface area contributed by atoms with Gasteiger partial charge < -0.3 is 15.7 Å². The molecule has 0 radical (unpaired) electrons. The third-order valence-corrected chi connectivity index (χ3v) is 4.55. The van der Waals surface area contributed by atoms with Gasteiger partial charge in [0.2, 0.25) is 5.91 Å². The van der Waals surface area contributed by atoms with Crippen LogP contribution in [0.4, 0.5) is 11.4 Å². The van der Waals surface area contributed by atoms with E-state index in [2.05, 4.69) is 10.6 Å². The van der Waals surface area contributed by atoms with E-state index in [1.54, 1.807) is 18.2 Å². The molecule has 2 rings (SSSR count). The van der Waals surface area contributed by atoms with Crippen molar-refractivity contribution in [3.8, 4) is 0 Å². The van der Waals surface area contributed by atoms with Crippen LogP contribution in [0.3, 0.4) is 0 Å². The molecule has 1 aromatic rings. The maximum atomic E-state index is 12.2. The molecule has 7 heteroatoms. The van der Waals surface area contributed by atoms with Gasteiger partial charge in [-0.3, -0.25) is 14.9 Å². The highest BCUT2D eigenvalue weighted by atomic mass is 16.6. The fourth-order valence-corrected chi connectivity index (χ4v) is 3.32. The number of nitro groups is 1. The Morgan fingerprint density at radius 2 is 2.00 bits per heavy atom. The largest absolute Gasteiger partial charge is 0.396 e. The minimum absolute atomic E-state index is 0.0283. The van der Waals surface area contributed by atoms with Crippen molar-refractivity contribution >= 4 is 17.3 Å². The molecule has 1 saturated carbocycles. The summed E-state index contributed by atoms with van der Waals surface area (Å²) in [4.78, 5) is 22.7. The van der Waals surface area contributed by atoms with E-state index in [9.17, 15) is 20.0 Å². The number of para-hydroxylation sites is 2. The Bertz CT molecular complexity index is 559. The van der Waals surface area contributed by atoms with Crippen molar-refractivity contribution in [3.63, 3.8) is 0 Å². The maximum absolute atomic E-state index is 12.2. The highest BCUT2D eigenvalue weighted by Gasteiger charge is 2.24.